The van der Waals surface area contributed by atoms with Crippen molar-refractivity contribution in [2.45, 2.75) is 24.5 Å². The lowest BCUT2D eigenvalue weighted by atomic mass is 10.0. The minimum absolute atomic E-state index is 0.0564. The summed E-state index contributed by atoms with van der Waals surface area (Å²) in [5, 5.41) is 29.1. The Morgan fingerprint density at radius 3 is 2.55 bits per heavy atom. The highest BCUT2D eigenvalue weighted by Crippen LogP contribution is 2.33. The van der Waals surface area contributed by atoms with Gasteiger partial charge in [0, 0.05) is 6.07 Å². The summed E-state index contributed by atoms with van der Waals surface area (Å²) in [6, 6.07) is 0.707. The number of aliphatic hydroxyl groups is 3. The van der Waals surface area contributed by atoms with Crippen molar-refractivity contribution in [1.82, 2.24) is 9.55 Å². The molecule has 0 bridgehead atoms. The monoisotopic (exact) mass is 382 g/mol. The fourth-order valence-electron chi connectivity index (χ4n) is 2.37. The van der Waals surface area contributed by atoms with Gasteiger partial charge in [0.05, 0.1) is 12.1 Å². The van der Waals surface area contributed by atoms with Crippen LogP contribution in [0.15, 0.2) is 10.8 Å². The zero-order valence-corrected chi connectivity index (χ0v) is 12.3. The Morgan fingerprint density at radius 1 is 1.18 bits per heavy atom. The second kappa shape index (κ2) is 5.46. The molecular formula is C12H10BrF3N2O4. The first-order valence-electron chi connectivity index (χ1n) is 6.19. The van der Waals surface area contributed by atoms with Gasteiger partial charge in [-0.25, -0.2) is 18.2 Å². The molecule has 22 heavy (non-hydrogen) atoms. The number of halogens is 4. The van der Waals surface area contributed by atoms with Crippen molar-refractivity contribution < 1.29 is 33.2 Å². The first-order valence-corrected chi connectivity index (χ1v) is 6.99. The van der Waals surface area contributed by atoms with Crippen molar-refractivity contribution in [1.29, 1.82) is 0 Å². The van der Waals surface area contributed by atoms with Gasteiger partial charge in [-0.15, -0.1) is 0 Å². The number of hydrogen-bond acceptors (Lipinski definition) is 5. The number of aliphatic hydroxyl groups excluding tert-OH is 3. The molecule has 1 aliphatic heterocycles. The fourth-order valence-corrected chi connectivity index (χ4v) is 2.94. The minimum atomic E-state index is -1.66. The second-order valence-corrected chi connectivity index (χ2v) is 5.59. The summed E-state index contributed by atoms with van der Waals surface area (Å²) in [5.74, 6) is -4.56. The number of fused-ring (bicyclic) bond motifs is 1. The van der Waals surface area contributed by atoms with Crippen molar-refractivity contribution in [2.24, 2.45) is 0 Å². The van der Waals surface area contributed by atoms with E-state index in [9.17, 15) is 28.5 Å². The van der Waals surface area contributed by atoms with Crippen LogP contribution in [0.5, 0.6) is 0 Å². The van der Waals surface area contributed by atoms with Crippen LogP contribution in [0.25, 0.3) is 11.0 Å². The third kappa shape index (κ3) is 2.22. The SMILES string of the molecule is O[C@@H]1[C@H](O)[C@H](O)CO[C@H]1n1c(Br)nc2c(F)c(F)c(F)cc21. The molecule has 3 N–H and O–H groups in total. The van der Waals surface area contributed by atoms with Crippen LogP contribution in [0.3, 0.4) is 0 Å². The van der Waals surface area contributed by atoms with E-state index in [1.54, 1.807) is 0 Å². The molecule has 10 heteroatoms. The zero-order valence-electron chi connectivity index (χ0n) is 10.8. The lowest BCUT2D eigenvalue weighted by Gasteiger charge is -2.36. The lowest BCUT2D eigenvalue weighted by molar-refractivity contribution is -0.210. The predicted molar refractivity (Wildman–Crippen MR) is 70.3 cm³/mol. The Bertz CT molecular complexity index is 741. The van der Waals surface area contributed by atoms with E-state index in [-0.39, 0.29) is 16.9 Å². The summed E-state index contributed by atoms with van der Waals surface area (Å²) in [6.45, 7) is -0.304. The molecule has 2 aromatic rings. The van der Waals surface area contributed by atoms with E-state index in [4.69, 9.17) is 4.74 Å². The van der Waals surface area contributed by atoms with E-state index in [0.717, 1.165) is 4.57 Å². The van der Waals surface area contributed by atoms with Crippen LogP contribution in [0.2, 0.25) is 0 Å². The van der Waals surface area contributed by atoms with Gasteiger partial charge in [0.2, 0.25) is 0 Å². The summed E-state index contributed by atoms with van der Waals surface area (Å²) in [4.78, 5) is 3.73. The summed E-state index contributed by atoms with van der Waals surface area (Å²) >= 11 is 3.00. The molecule has 0 spiro atoms. The van der Waals surface area contributed by atoms with Crippen LogP contribution in [-0.2, 0) is 4.74 Å². The van der Waals surface area contributed by atoms with Crippen molar-refractivity contribution in [3.8, 4) is 0 Å². The van der Waals surface area contributed by atoms with Gasteiger partial charge in [0.15, 0.2) is 28.4 Å². The van der Waals surface area contributed by atoms with Crippen molar-refractivity contribution in [2.75, 3.05) is 6.61 Å². The van der Waals surface area contributed by atoms with Crippen molar-refractivity contribution in [3.63, 3.8) is 0 Å². The third-order valence-electron chi connectivity index (χ3n) is 3.51. The summed E-state index contributed by atoms with van der Waals surface area (Å²) in [7, 11) is 0. The molecule has 3 rings (SSSR count). The van der Waals surface area contributed by atoms with Gasteiger partial charge in [-0.2, -0.15) is 0 Å². The predicted octanol–water partition coefficient (Wildman–Crippen LogP) is 0.828. The Balaban J connectivity index is 2.17. The van der Waals surface area contributed by atoms with Gasteiger partial charge in [-0.3, -0.25) is 4.57 Å². The maximum atomic E-state index is 13.8. The highest BCUT2D eigenvalue weighted by molar-refractivity contribution is 9.10. The molecule has 4 atom stereocenters. The quantitative estimate of drug-likeness (QED) is 0.635. The molecule has 1 aromatic carbocycles. The number of hydrogen-bond donors (Lipinski definition) is 3. The topological polar surface area (TPSA) is 87.7 Å². The molecule has 1 fully saturated rings. The van der Waals surface area contributed by atoms with Crippen molar-refractivity contribution in [3.05, 3.63) is 28.3 Å². The fraction of sp³-hybridized carbons (Fsp3) is 0.417. The summed E-state index contributed by atoms with van der Waals surface area (Å²) in [6.07, 6.45) is -5.65. The Labute approximate surface area is 129 Å². The highest BCUT2D eigenvalue weighted by Gasteiger charge is 2.40. The number of rotatable bonds is 1. The highest BCUT2D eigenvalue weighted by atomic mass is 79.9. The smallest absolute Gasteiger partial charge is 0.196 e. The van der Waals surface area contributed by atoms with Gasteiger partial charge in [0.25, 0.3) is 0 Å². The third-order valence-corrected chi connectivity index (χ3v) is 4.07. The number of ether oxygens (including phenoxy) is 1. The standard InChI is InChI=1S/C12H10BrF3N2O4/c13-12-17-8-4(1-3(14)6(15)7(8)16)18(12)11-10(21)9(20)5(19)2-22-11/h1,5,9-11,19-21H,2H2/t5-,9-,10-,11-/m1/s1. The largest absolute Gasteiger partial charge is 0.388 e. The van der Waals surface area contributed by atoms with Gasteiger partial charge in [-0.05, 0) is 15.9 Å². The molecule has 0 aliphatic carbocycles. The summed E-state index contributed by atoms with van der Waals surface area (Å²) in [5.41, 5.74) is -0.627. The molecule has 6 nitrogen and oxygen atoms in total. The van der Waals surface area contributed by atoms with Crippen LogP contribution in [-0.4, -0.2) is 49.8 Å². The molecular weight excluding hydrogens is 373 g/mol. The van der Waals surface area contributed by atoms with Crippen LogP contribution in [0, 0.1) is 17.5 Å². The maximum Gasteiger partial charge on any atom is 0.196 e. The van der Waals surface area contributed by atoms with Crippen LogP contribution in [0.1, 0.15) is 6.23 Å². The van der Waals surface area contributed by atoms with Crippen LogP contribution >= 0.6 is 15.9 Å². The molecule has 0 saturated carbocycles. The van der Waals surface area contributed by atoms with E-state index in [0.29, 0.717) is 6.07 Å². The Morgan fingerprint density at radius 2 is 1.86 bits per heavy atom. The first kappa shape index (κ1) is 15.7. The average Bonchev–Trinajstić information content (AvgIpc) is 2.80. The van der Waals surface area contributed by atoms with Crippen molar-refractivity contribution >= 4 is 27.0 Å². The lowest BCUT2D eigenvalue weighted by Crippen LogP contribution is -2.50. The molecule has 2 heterocycles. The zero-order chi connectivity index (χ0) is 16.2. The minimum Gasteiger partial charge on any atom is -0.388 e. The number of benzene rings is 1. The molecule has 0 amide bonds. The number of nitrogens with zero attached hydrogens (tertiary/aromatic N) is 2. The molecule has 120 valence electrons. The van der Waals surface area contributed by atoms with E-state index in [2.05, 4.69) is 20.9 Å². The molecule has 0 unspecified atom stereocenters. The molecule has 1 aliphatic rings. The van der Waals surface area contributed by atoms with Gasteiger partial charge >= 0.3 is 0 Å². The summed E-state index contributed by atoms with van der Waals surface area (Å²) < 4.78 is 46.7. The molecule has 1 saturated heterocycles. The normalized spacial score (nSPS) is 29.2. The van der Waals surface area contributed by atoms with Crippen LogP contribution < -0.4 is 0 Å². The number of aromatic nitrogens is 2. The van der Waals surface area contributed by atoms with Gasteiger partial charge in [0.1, 0.15) is 23.8 Å². The van der Waals surface area contributed by atoms with E-state index < -0.39 is 47.5 Å². The number of imidazole rings is 1. The average molecular weight is 383 g/mol. The Kier molecular flexibility index (Phi) is 3.89. The van der Waals surface area contributed by atoms with E-state index in [1.807, 2.05) is 0 Å². The van der Waals surface area contributed by atoms with Gasteiger partial charge < -0.3 is 20.1 Å². The first-order chi connectivity index (χ1) is 10.3. The Hall–Kier alpha value is -1.20. The van der Waals surface area contributed by atoms with Crippen LogP contribution in [0.4, 0.5) is 13.2 Å². The maximum absolute atomic E-state index is 13.8. The van der Waals surface area contributed by atoms with Gasteiger partial charge in [-0.1, -0.05) is 0 Å². The van der Waals surface area contributed by atoms with E-state index in [1.165, 1.54) is 0 Å². The van der Waals surface area contributed by atoms with E-state index >= 15 is 0 Å². The molecule has 0 radical (unpaired) electrons. The second-order valence-electron chi connectivity index (χ2n) is 4.88. The molecule has 1 aromatic heterocycles.